The van der Waals surface area contributed by atoms with Crippen molar-refractivity contribution in [2.75, 3.05) is 6.54 Å². The largest absolute Gasteiger partial charge is 0.352 e. The first-order valence-electron chi connectivity index (χ1n) is 5.88. The van der Waals surface area contributed by atoms with Crippen molar-refractivity contribution in [1.29, 1.82) is 0 Å². The number of amides is 2. The smallest absolute Gasteiger partial charge is 0.240 e. The molecule has 0 spiro atoms. The Morgan fingerprint density at radius 1 is 1.56 bits per heavy atom. The van der Waals surface area contributed by atoms with Gasteiger partial charge in [0.05, 0.1) is 5.54 Å². The van der Waals surface area contributed by atoms with Gasteiger partial charge in [0.15, 0.2) is 0 Å². The monoisotopic (exact) mass is 227 g/mol. The normalized spacial score (nSPS) is 20.7. The molecule has 5 nitrogen and oxygen atoms in total. The van der Waals surface area contributed by atoms with Gasteiger partial charge in [0.1, 0.15) is 0 Å². The molecule has 1 heterocycles. The molecular weight excluding hydrogens is 206 g/mol. The van der Waals surface area contributed by atoms with Crippen LogP contribution in [-0.4, -0.2) is 29.9 Å². The molecule has 0 bridgehead atoms. The van der Waals surface area contributed by atoms with Gasteiger partial charge in [-0.2, -0.15) is 0 Å². The van der Waals surface area contributed by atoms with Gasteiger partial charge < -0.3 is 16.4 Å². The fourth-order valence-electron chi connectivity index (χ4n) is 1.79. The summed E-state index contributed by atoms with van der Waals surface area (Å²) in [6, 6.07) is 0.0643. The van der Waals surface area contributed by atoms with Gasteiger partial charge in [-0.3, -0.25) is 9.59 Å². The Morgan fingerprint density at radius 3 is 2.62 bits per heavy atom. The number of carbonyl (C=O) groups is 2. The maximum atomic E-state index is 11.8. The highest BCUT2D eigenvalue weighted by Crippen LogP contribution is 2.11. The van der Waals surface area contributed by atoms with E-state index in [0.29, 0.717) is 25.8 Å². The standard InChI is InChI=1S/C11H21N3O2/c1-3-11(12,4-2)10(16)13-7-8-5-6-9(15)14-8/h8H,3-7,12H2,1-2H3,(H,13,16)(H,14,15). The second-order valence-electron chi connectivity index (χ2n) is 4.38. The summed E-state index contributed by atoms with van der Waals surface area (Å²) in [5.74, 6) is -0.0668. The molecule has 0 aliphatic carbocycles. The van der Waals surface area contributed by atoms with Gasteiger partial charge in [-0.05, 0) is 19.3 Å². The van der Waals surface area contributed by atoms with Gasteiger partial charge in [0.2, 0.25) is 11.8 Å². The van der Waals surface area contributed by atoms with Crippen LogP contribution in [0.5, 0.6) is 0 Å². The molecule has 0 aromatic rings. The highest BCUT2D eigenvalue weighted by Gasteiger charge is 2.30. The summed E-state index contributed by atoms with van der Waals surface area (Å²) in [6.07, 6.45) is 2.57. The van der Waals surface area contributed by atoms with Crippen molar-refractivity contribution in [3.63, 3.8) is 0 Å². The van der Waals surface area contributed by atoms with E-state index in [4.69, 9.17) is 5.73 Å². The van der Waals surface area contributed by atoms with Gasteiger partial charge in [-0.25, -0.2) is 0 Å². The van der Waals surface area contributed by atoms with Crippen LogP contribution < -0.4 is 16.4 Å². The molecule has 1 fully saturated rings. The molecule has 1 aliphatic rings. The van der Waals surface area contributed by atoms with E-state index in [1.165, 1.54) is 0 Å². The number of nitrogens with one attached hydrogen (secondary N) is 2. The first-order valence-corrected chi connectivity index (χ1v) is 5.88. The van der Waals surface area contributed by atoms with Crippen LogP contribution in [0.4, 0.5) is 0 Å². The van der Waals surface area contributed by atoms with Crippen molar-refractivity contribution < 1.29 is 9.59 Å². The fraction of sp³-hybridized carbons (Fsp3) is 0.818. The summed E-state index contributed by atoms with van der Waals surface area (Å²) in [7, 11) is 0. The van der Waals surface area contributed by atoms with Gasteiger partial charge in [0.25, 0.3) is 0 Å². The molecule has 2 amide bonds. The van der Waals surface area contributed by atoms with E-state index in [1.807, 2.05) is 13.8 Å². The van der Waals surface area contributed by atoms with Crippen molar-refractivity contribution >= 4 is 11.8 Å². The van der Waals surface area contributed by atoms with E-state index in [1.54, 1.807) is 0 Å². The number of nitrogens with two attached hydrogens (primary N) is 1. The van der Waals surface area contributed by atoms with E-state index in [0.717, 1.165) is 6.42 Å². The maximum absolute atomic E-state index is 11.8. The molecule has 1 rings (SSSR count). The van der Waals surface area contributed by atoms with Crippen LogP contribution in [0.2, 0.25) is 0 Å². The zero-order chi connectivity index (χ0) is 12.2. The van der Waals surface area contributed by atoms with E-state index >= 15 is 0 Å². The highest BCUT2D eigenvalue weighted by molar-refractivity contribution is 5.86. The predicted molar refractivity (Wildman–Crippen MR) is 61.7 cm³/mol. The van der Waals surface area contributed by atoms with Crippen molar-refractivity contribution in [3.05, 3.63) is 0 Å². The minimum Gasteiger partial charge on any atom is -0.352 e. The first-order chi connectivity index (χ1) is 7.51. The topological polar surface area (TPSA) is 84.2 Å². The Bertz CT molecular complexity index is 274. The Morgan fingerprint density at radius 2 is 2.19 bits per heavy atom. The molecule has 92 valence electrons. The number of carbonyl (C=O) groups excluding carboxylic acids is 2. The Hall–Kier alpha value is -1.10. The summed E-state index contributed by atoms with van der Waals surface area (Å²) < 4.78 is 0. The molecule has 0 radical (unpaired) electrons. The van der Waals surface area contributed by atoms with Crippen LogP contribution >= 0.6 is 0 Å². The lowest BCUT2D eigenvalue weighted by Gasteiger charge is -2.26. The molecule has 4 N–H and O–H groups in total. The van der Waals surface area contributed by atoms with Crippen LogP contribution in [0.3, 0.4) is 0 Å². The number of hydrogen-bond donors (Lipinski definition) is 3. The van der Waals surface area contributed by atoms with Crippen LogP contribution in [0.15, 0.2) is 0 Å². The van der Waals surface area contributed by atoms with E-state index in [2.05, 4.69) is 10.6 Å². The van der Waals surface area contributed by atoms with Crippen molar-refractivity contribution in [2.45, 2.75) is 51.1 Å². The Balaban J connectivity index is 2.37. The quantitative estimate of drug-likeness (QED) is 0.613. The SMILES string of the molecule is CCC(N)(CC)C(=O)NCC1CCC(=O)N1. The average Bonchev–Trinajstić information content (AvgIpc) is 2.70. The van der Waals surface area contributed by atoms with Crippen molar-refractivity contribution in [2.24, 2.45) is 5.73 Å². The second kappa shape index (κ2) is 5.30. The van der Waals surface area contributed by atoms with E-state index in [-0.39, 0.29) is 17.9 Å². The molecular formula is C11H21N3O2. The van der Waals surface area contributed by atoms with Gasteiger partial charge in [0, 0.05) is 19.0 Å². The predicted octanol–water partition coefficient (Wildman–Crippen LogP) is -0.101. The third-order valence-electron chi connectivity index (χ3n) is 3.31. The minimum absolute atomic E-state index is 0.0595. The summed E-state index contributed by atoms with van der Waals surface area (Å²) in [6.45, 7) is 4.28. The van der Waals surface area contributed by atoms with Gasteiger partial charge in [-0.15, -0.1) is 0 Å². The molecule has 1 unspecified atom stereocenters. The summed E-state index contributed by atoms with van der Waals surface area (Å²) >= 11 is 0. The van der Waals surface area contributed by atoms with E-state index in [9.17, 15) is 9.59 Å². The lowest BCUT2D eigenvalue weighted by Crippen LogP contribution is -2.55. The lowest BCUT2D eigenvalue weighted by molar-refractivity contribution is -0.127. The zero-order valence-electron chi connectivity index (χ0n) is 10.0. The molecule has 1 saturated heterocycles. The molecule has 0 aromatic carbocycles. The van der Waals surface area contributed by atoms with Crippen LogP contribution in [0, 0.1) is 0 Å². The number of hydrogen-bond acceptors (Lipinski definition) is 3. The van der Waals surface area contributed by atoms with E-state index < -0.39 is 5.54 Å². The maximum Gasteiger partial charge on any atom is 0.240 e. The molecule has 1 aliphatic heterocycles. The highest BCUT2D eigenvalue weighted by atomic mass is 16.2. The first kappa shape index (κ1) is 13.0. The van der Waals surface area contributed by atoms with Gasteiger partial charge in [-0.1, -0.05) is 13.8 Å². The number of rotatable bonds is 5. The molecule has 16 heavy (non-hydrogen) atoms. The summed E-state index contributed by atoms with van der Waals surface area (Å²) in [4.78, 5) is 22.8. The van der Waals surface area contributed by atoms with Crippen LogP contribution in [0.25, 0.3) is 0 Å². The van der Waals surface area contributed by atoms with Crippen LogP contribution in [-0.2, 0) is 9.59 Å². The third kappa shape index (κ3) is 2.95. The average molecular weight is 227 g/mol. The lowest BCUT2D eigenvalue weighted by atomic mass is 9.93. The fourth-order valence-corrected chi connectivity index (χ4v) is 1.79. The third-order valence-corrected chi connectivity index (χ3v) is 3.31. The Labute approximate surface area is 96.1 Å². The zero-order valence-corrected chi connectivity index (χ0v) is 10.0. The molecule has 0 saturated carbocycles. The van der Waals surface area contributed by atoms with Crippen molar-refractivity contribution in [3.8, 4) is 0 Å². The molecule has 5 heteroatoms. The molecule has 0 aromatic heterocycles. The summed E-state index contributed by atoms with van der Waals surface area (Å²) in [5.41, 5.74) is 5.18. The van der Waals surface area contributed by atoms with Gasteiger partial charge >= 0.3 is 0 Å². The molecule has 1 atom stereocenters. The van der Waals surface area contributed by atoms with Crippen molar-refractivity contribution in [1.82, 2.24) is 10.6 Å². The van der Waals surface area contributed by atoms with Crippen LogP contribution in [0.1, 0.15) is 39.5 Å². The minimum atomic E-state index is -0.775. The second-order valence-corrected chi connectivity index (χ2v) is 4.38. The summed E-state index contributed by atoms with van der Waals surface area (Å²) in [5, 5.41) is 5.61. The Kier molecular flexibility index (Phi) is 4.29.